The third-order valence-electron chi connectivity index (χ3n) is 1.42. The average molecular weight is 176 g/mol. The summed E-state index contributed by atoms with van der Waals surface area (Å²) in [6.45, 7) is 0.372. The summed E-state index contributed by atoms with van der Waals surface area (Å²) in [6.07, 6.45) is 1.54. The lowest BCUT2D eigenvalue weighted by atomic mass is 10.1. The van der Waals surface area contributed by atoms with E-state index in [1.807, 2.05) is 19.9 Å². The van der Waals surface area contributed by atoms with Crippen LogP contribution in [0.5, 0.6) is 0 Å². The van der Waals surface area contributed by atoms with Gasteiger partial charge >= 0.3 is 0 Å². The van der Waals surface area contributed by atoms with Crippen molar-refractivity contribution in [2.24, 2.45) is 0 Å². The summed E-state index contributed by atoms with van der Waals surface area (Å²) in [4.78, 5) is 4.55. The van der Waals surface area contributed by atoms with Gasteiger partial charge in [0.15, 0.2) is 0 Å². The SMILES string of the molecule is [2H]OOC(CCC=C(C)C)C(=C([2H])[2H])C([2H])([2H])[2H]. The predicted octanol–water partition coefficient (Wildman–Crippen LogP) is 3.17. The maximum atomic E-state index is 7.27. The van der Waals surface area contributed by atoms with Crippen LogP contribution >= 0.6 is 0 Å². The van der Waals surface area contributed by atoms with E-state index in [9.17, 15) is 0 Å². The minimum Gasteiger partial charge on any atom is -0.251 e. The van der Waals surface area contributed by atoms with Gasteiger partial charge in [-0.3, -0.25) is 5.26 Å². The van der Waals surface area contributed by atoms with Crippen molar-refractivity contribution in [3.8, 4) is 0 Å². The van der Waals surface area contributed by atoms with Gasteiger partial charge in [-0.1, -0.05) is 18.2 Å². The molecular formula is C10H18O2. The van der Waals surface area contributed by atoms with E-state index in [1.54, 1.807) is 0 Å². The van der Waals surface area contributed by atoms with Gasteiger partial charge in [-0.2, -0.15) is 0 Å². The Morgan fingerprint density at radius 1 is 1.92 bits per heavy atom. The lowest BCUT2D eigenvalue weighted by Crippen LogP contribution is -2.10. The fourth-order valence-electron chi connectivity index (χ4n) is 0.764. The van der Waals surface area contributed by atoms with Crippen LogP contribution in [-0.2, 0) is 4.89 Å². The normalized spacial score (nSPS) is 20.2. The Balaban J connectivity index is 4.96. The maximum absolute atomic E-state index is 7.27. The zero-order valence-electron chi connectivity index (χ0n) is 13.4. The standard InChI is InChI=1S/C10H18O2/c1-8(2)6-5-7-10(12-11)9(3)4/h6,10-11H,3,5,7H2,1-2,4H3/i3D2,4D3/hD. The molecule has 12 heavy (non-hydrogen) atoms. The van der Waals surface area contributed by atoms with Gasteiger partial charge in [-0.15, -0.1) is 0 Å². The van der Waals surface area contributed by atoms with Gasteiger partial charge in [0.1, 0.15) is 6.10 Å². The predicted molar refractivity (Wildman–Crippen MR) is 51.0 cm³/mol. The van der Waals surface area contributed by atoms with Crippen LogP contribution in [-0.4, -0.2) is 11.4 Å². The van der Waals surface area contributed by atoms with E-state index in [2.05, 4.69) is 10.1 Å². The molecule has 0 bridgehead atoms. The van der Waals surface area contributed by atoms with Gasteiger partial charge in [0.05, 0.1) is 2.74 Å². The van der Waals surface area contributed by atoms with Crippen molar-refractivity contribution in [1.29, 1.82) is 1.43 Å². The van der Waals surface area contributed by atoms with E-state index in [-0.39, 0.29) is 6.42 Å². The number of hydrogen-bond acceptors (Lipinski definition) is 2. The molecular weight excluding hydrogens is 152 g/mol. The first-order valence-electron chi connectivity index (χ1n) is 6.70. The van der Waals surface area contributed by atoms with Crippen LogP contribution < -0.4 is 0 Å². The lowest BCUT2D eigenvalue weighted by Gasteiger charge is -2.11. The summed E-state index contributed by atoms with van der Waals surface area (Å²) >= 11 is 0. The van der Waals surface area contributed by atoms with E-state index in [0.717, 1.165) is 5.57 Å². The Morgan fingerprint density at radius 2 is 2.75 bits per heavy atom. The van der Waals surface area contributed by atoms with Crippen LogP contribution in [0.25, 0.3) is 1.43 Å². The molecule has 0 radical (unpaired) electrons. The first kappa shape index (κ1) is 4.58. The molecule has 0 rings (SSSR count). The molecule has 0 saturated heterocycles. The topological polar surface area (TPSA) is 29.5 Å². The summed E-state index contributed by atoms with van der Waals surface area (Å²) in [7, 11) is 0. The number of hydrogen-bond donors (Lipinski definition) is 1. The highest BCUT2D eigenvalue weighted by molar-refractivity contribution is 5.00. The largest absolute Gasteiger partial charge is 0.255 e. The van der Waals surface area contributed by atoms with E-state index in [0.29, 0.717) is 6.42 Å². The molecule has 1 N–H and O–H groups in total. The number of allylic oxidation sites excluding steroid dienone is 2. The van der Waals surface area contributed by atoms with Crippen LogP contribution in [0, 0.1) is 0 Å². The Kier molecular flexibility index (Phi) is 2.28. The number of rotatable bonds is 6. The molecule has 0 aromatic carbocycles. The van der Waals surface area contributed by atoms with Crippen LogP contribution in [0.1, 0.15) is 40.4 Å². The van der Waals surface area contributed by atoms with Crippen molar-refractivity contribution >= 4 is 0 Å². The molecule has 0 aliphatic rings. The van der Waals surface area contributed by atoms with Gasteiger partial charge < -0.3 is 0 Å². The molecule has 0 heterocycles. The second kappa shape index (κ2) is 5.98. The summed E-state index contributed by atoms with van der Waals surface area (Å²) in [5.41, 5.74) is 0.619. The van der Waals surface area contributed by atoms with Gasteiger partial charge in [0.25, 0.3) is 1.43 Å². The molecule has 2 nitrogen and oxygen atoms in total. The molecule has 0 fully saturated rings. The van der Waals surface area contributed by atoms with Crippen LogP contribution in [0.4, 0.5) is 0 Å². The zero-order chi connectivity index (χ0) is 14.3. The third-order valence-corrected chi connectivity index (χ3v) is 1.42. The van der Waals surface area contributed by atoms with Gasteiger partial charge in [0.2, 0.25) is 0 Å². The molecule has 1 atom stereocenters. The summed E-state index contributed by atoms with van der Waals surface area (Å²) in [6, 6.07) is 0. The van der Waals surface area contributed by atoms with Crippen LogP contribution in [0.3, 0.4) is 0 Å². The minimum atomic E-state index is -2.60. The van der Waals surface area contributed by atoms with Gasteiger partial charge in [-0.25, -0.2) is 4.89 Å². The fraction of sp³-hybridized carbons (Fsp3) is 0.600. The molecule has 70 valence electrons. The van der Waals surface area contributed by atoms with Crippen molar-refractivity contribution < 1.29 is 17.0 Å². The smallest absolute Gasteiger partial charge is 0.251 e. The van der Waals surface area contributed by atoms with Crippen molar-refractivity contribution in [2.45, 2.75) is 39.6 Å². The molecule has 0 spiro atoms. The lowest BCUT2D eigenvalue weighted by molar-refractivity contribution is -0.269. The molecule has 1 unspecified atom stereocenters. The Morgan fingerprint density at radius 3 is 3.25 bits per heavy atom. The Hall–Kier alpha value is -0.600. The summed E-state index contributed by atoms with van der Waals surface area (Å²) in [5.74, 6) is 0. The first-order chi connectivity index (χ1) is 8.20. The van der Waals surface area contributed by atoms with Crippen molar-refractivity contribution in [3.63, 3.8) is 0 Å². The van der Waals surface area contributed by atoms with Crippen molar-refractivity contribution in [3.05, 3.63) is 23.8 Å². The average Bonchev–Trinajstić information content (AvgIpc) is 2.14. The minimum absolute atomic E-state index is 0.235. The monoisotopic (exact) mass is 176 g/mol. The highest BCUT2D eigenvalue weighted by Crippen LogP contribution is 2.10. The van der Waals surface area contributed by atoms with E-state index < -0.39 is 25.1 Å². The van der Waals surface area contributed by atoms with E-state index in [4.69, 9.17) is 8.28 Å². The van der Waals surface area contributed by atoms with Gasteiger partial charge in [0, 0.05) is 4.11 Å². The van der Waals surface area contributed by atoms with E-state index >= 15 is 0 Å². The highest BCUT2D eigenvalue weighted by atomic mass is 17.1. The second-order valence-corrected chi connectivity index (χ2v) is 2.86. The van der Waals surface area contributed by atoms with Crippen LogP contribution in [0.15, 0.2) is 23.8 Å². The maximum Gasteiger partial charge on any atom is 0.255 e. The second-order valence-electron chi connectivity index (χ2n) is 2.86. The molecule has 0 aromatic rings. The fourth-order valence-corrected chi connectivity index (χ4v) is 0.764. The molecule has 0 saturated carbocycles. The third kappa shape index (κ3) is 5.10. The van der Waals surface area contributed by atoms with E-state index in [1.165, 1.54) is 0 Å². The van der Waals surface area contributed by atoms with Crippen molar-refractivity contribution in [2.75, 3.05) is 0 Å². The molecule has 0 aliphatic carbocycles. The zero-order valence-corrected chi connectivity index (χ0v) is 7.39. The molecule has 0 aliphatic heterocycles. The van der Waals surface area contributed by atoms with Crippen LogP contribution in [0.2, 0.25) is 0 Å². The Bertz CT molecular complexity index is 313. The first-order valence-corrected chi connectivity index (χ1v) is 3.80. The molecule has 2 heteroatoms. The summed E-state index contributed by atoms with van der Waals surface area (Å²) < 4.78 is 42.7. The highest BCUT2D eigenvalue weighted by Gasteiger charge is 2.07. The molecule has 0 amide bonds. The van der Waals surface area contributed by atoms with Crippen molar-refractivity contribution in [1.82, 2.24) is 0 Å². The van der Waals surface area contributed by atoms with Gasteiger partial charge in [-0.05, 0) is 39.1 Å². The quantitative estimate of drug-likeness (QED) is 0.382. The Labute approximate surface area is 83.0 Å². The molecule has 0 aromatic heterocycles. The summed E-state index contributed by atoms with van der Waals surface area (Å²) in [5, 5.41) is 3.77.